The van der Waals surface area contributed by atoms with Crippen LogP contribution in [0.3, 0.4) is 0 Å². The number of piperidine rings is 1. The minimum absolute atomic E-state index is 0.281. The Bertz CT molecular complexity index is 959. The zero-order chi connectivity index (χ0) is 20.4. The van der Waals surface area contributed by atoms with Crippen LogP contribution >= 0.6 is 0 Å². The quantitative estimate of drug-likeness (QED) is 0.634. The van der Waals surface area contributed by atoms with Crippen LogP contribution in [-0.2, 0) is 11.2 Å². The van der Waals surface area contributed by atoms with E-state index in [0.717, 1.165) is 54.3 Å². The predicted molar refractivity (Wildman–Crippen MR) is 114 cm³/mol. The van der Waals surface area contributed by atoms with E-state index in [1.807, 2.05) is 24.8 Å². The first-order valence-electron chi connectivity index (χ1n) is 10.5. The van der Waals surface area contributed by atoms with Gasteiger partial charge in [0.1, 0.15) is 5.52 Å². The van der Waals surface area contributed by atoms with Gasteiger partial charge in [0.2, 0.25) is 5.95 Å². The van der Waals surface area contributed by atoms with Crippen LogP contribution in [0.5, 0.6) is 0 Å². The second-order valence-corrected chi connectivity index (χ2v) is 8.31. The molecule has 0 spiro atoms. The summed E-state index contributed by atoms with van der Waals surface area (Å²) >= 11 is 0. The molecule has 4 rings (SSSR count). The molecule has 1 aliphatic heterocycles. The van der Waals surface area contributed by atoms with Gasteiger partial charge in [-0.15, -0.1) is 0 Å². The Hall–Kier alpha value is -2.54. The largest absolute Gasteiger partial charge is 0.375 e. The number of nitrogens with zero attached hydrogens (tertiary/aromatic N) is 6. The van der Waals surface area contributed by atoms with Crippen molar-refractivity contribution in [2.45, 2.75) is 65.2 Å². The van der Waals surface area contributed by atoms with Crippen LogP contribution in [0.2, 0.25) is 0 Å². The molecule has 0 aliphatic carbocycles. The number of pyridine rings is 1. The van der Waals surface area contributed by atoms with Crippen molar-refractivity contribution in [3.63, 3.8) is 0 Å². The molecular weight excluding hydrogens is 364 g/mol. The van der Waals surface area contributed by atoms with E-state index < -0.39 is 0 Å². The first-order chi connectivity index (χ1) is 14.0. The summed E-state index contributed by atoms with van der Waals surface area (Å²) in [5, 5.41) is 0. The molecule has 7 nitrogen and oxygen atoms in total. The summed E-state index contributed by atoms with van der Waals surface area (Å²) in [6, 6.07) is 4.46. The first kappa shape index (κ1) is 19.8. The van der Waals surface area contributed by atoms with Gasteiger partial charge in [-0.25, -0.2) is 15.0 Å². The minimum atomic E-state index is 0.281. The summed E-state index contributed by atoms with van der Waals surface area (Å²) in [7, 11) is 0. The number of fused-ring (bicyclic) bond motifs is 1. The van der Waals surface area contributed by atoms with Crippen LogP contribution in [0.1, 0.15) is 58.0 Å². The SMILES string of the molecule is CC(C)OC1CCN(c2nccc(Cc3cc4c(cn3)ncn4C(C)C)n2)CC1. The highest BCUT2D eigenvalue weighted by Gasteiger charge is 2.22. The average Bonchev–Trinajstić information content (AvgIpc) is 3.12. The van der Waals surface area contributed by atoms with Crippen molar-refractivity contribution >= 4 is 17.0 Å². The minimum Gasteiger partial charge on any atom is -0.375 e. The molecule has 0 saturated carbocycles. The van der Waals surface area contributed by atoms with E-state index in [-0.39, 0.29) is 6.10 Å². The van der Waals surface area contributed by atoms with Gasteiger partial charge >= 0.3 is 0 Å². The highest BCUT2D eigenvalue weighted by molar-refractivity contribution is 5.74. The molecule has 7 heteroatoms. The number of rotatable bonds is 6. The van der Waals surface area contributed by atoms with Crippen LogP contribution in [0.15, 0.2) is 30.9 Å². The third-order valence-corrected chi connectivity index (χ3v) is 5.33. The number of anilines is 1. The molecule has 3 aromatic rings. The van der Waals surface area contributed by atoms with Crippen molar-refractivity contribution in [3.05, 3.63) is 42.2 Å². The van der Waals surface area contributed by atoms with Gasteiger partial charge in [0, 0.05) is 37.4 Å². The molecule has 29 heavy (non-hydrogen) atoms. The molecule has 3 aromatic heterocycles. The number of imidazole rings is 1. The molecule has 0 bridgehead atoms. The van der Waals surface area contributed by atoms with Gasteiger partial charge in [-0.3, -0.25) is 4.98 Å². The highest BCUT2D eigenvalue weighted by atomic mass is 16.5. The third-order valence-electron chi connectivity index (χ3n) is 5.33. The summed E-state index contributed by atoms with van der Waals surface area (Å²) in [5.41, 5.74) is 4.02. The van der Waals surface area contributed by atoms with Gasteiger partial charge in [-0.05, 0) is 52.7 Å². The number of aromatic nitrogens is 5. The summed E-state index contributed by atoms with van der Waals surface area (Å²) in [4.78, 5) is 20.6. The summed E-state index contributed by atoms with van der Waals surface area (Å²) in [6.07, 6.45) is 8.93. The lowest BCUT2D eigenvalue weighted by molar-refractivity contribution is -0.00491. The zero-order valence-corrected chi connectivity index (χ0v) is 17.7. The van der Waals surface area contributed by atoms with Crippen molar-refractivity contribution in [1.82, 2.24) is 24.5 Å². The summed E-state index contributed by atoms with van der Waals surface area (Å²) < 4.78 is 8.13. The number of hydrogen-bond acceptors (Lipinski definition) is 6. The second kappa shape index (κ2) is 8.45. The summed E-state index contributed by atoms with van der Waals surface area (Å²) in [6.45, 7) is 10.4. The van der Waals surface area contributed by atoms with Crippen LogP contribution < -0.4 is 4.90 Å². The van der Waals surface area contributed by atoms with Gasteiger partial charge in [0.05, 0.1) is 35.9 Å². The van der Waals surface area contributed by atoms with Crippen molar-refractivity contribution in [2.24, 2.45) is 0 Å². The monoisotopic (exact) mass is 394 g/mol. The van der Waals surface area contributed by atoms with Crippen molar-refractivity contribution in [1.29, 1.82) is 0 Å². The van der Waals surface area contributed by atoms with E-state index in [0.29, 0.717) is 18.6 Å². The summed E-state index contributed by atoms with van der Waals surface area (Å²) in [5.74, 6) is 0.804. The van der Waals surface area contributed by atoms with Gasteiger partial charge in [-0.1, -0.05) is 0 Å². The van der Waals surface area contributed by atoms with Crippen molar-refractivity contribution < 1.29 is 4.74 Å². The van der Waals surface area contributed by atoms with Crippen LogP contribution in [0.4, 0.5) is 5.95 Å². The molecule has 0 aromatic carbocycles. The maximum Gasteiger partial charge on any atom is 0.225 e. The lowest BCUT2D eigenvalue weighted by atomic mass is 10.1. The van der Waals surface area contributed by atoms with E-state index in [1.165, 1.54) is 0 Å². The Balaban J connectivity index is 1.47. The molecule has 0 radical (unpaired) electrons. The van der Waals surface area contributed by atoms with E-state index >= 15 is 0 Å². The normalized spacial score (nSPS) is 15.7. The van der Waals surface area contributed by atoms with Gasteiger partial charge < -0.3 is 14.2 Å². The molecule has 1 aliphatic rings. The fourth-order valence-electron chi connectivity index (χ4n) is 3.88. The second-order valence-electron chi connectivity index (χ2n) is 8.31. The Morgan fingerprint density at radius 2 is 1.86 bits per heavy atom. The standard InChI is InChI=1S/C22H30N6O/c1-15(2)28-14-25-20-13-24-18(12-21(20)28)11-17-5-8-23-22(26-17)27-9-6-19(7-10-27)29-16(3)4/h5,8,12-16,19H,6-7,9-11H2,1-4H3. The fourth-order valence-corrected chi connectivity index (χ4v) is 3.88. The highest BCUT2D eigenvalue weighted by Crippen LogP contribution is 2.21. The first-order valence-corrected chi connectivity index (χ1v) is 10.5. The molecule has 1 fully saturated rings. The smallest absolute Gasteiger partial charge is 0.225 e. The molecule has 0 N–H and O–H groups in total. The average molecular weight is 395 g/mol. The maximum absolute atomic E-state index is 5.95. The molecule has 1 saturated heterocycles. The van der Waals surface area contributed by atoms with E-state index in [2.05, 4.69) is 58.2 Å². The molecule has 4 heterocycles. The zero-order valence-electron chi connectivity index (χ0n) is 17.7. The van der Waals surface area contributed by atoms with Crippen molar-refractivity contribution in [2.75, 3.05) is 18.0 Å². The molecule has 0 unspecified atom stereocenters. The molecule has 154 valence electrons. The Morgan fingerprint density at radius 3 is 2.59 bits per heavy atom. The Morgan fingerprint density at radius 1 is 1.07 bits per heavy atom. The van der Waals surface area contributed by atoms with Crippen LogP contribution in [0, 0.1) is 0 Å². The lowest BCUT2D eigenvalue weighted by Gasteiger charge is -2.32. The number of hydrogen-bond donors (Lipinski definition) is 0. The van der Waals surface area contributed by atoms with E-state index in [4.69, 9.17) is 9.72 Å². The molecule has 0 atom stereocenters. The van der Waals surface area contributed by atoms with E-state index in [9.17, 15) is 0 Å². The maximum atomic E-state index is 5.95. The van der Waals surface area contributed by atoms with E-state index in [1.54, 1.807) is 0 Å². The Labute approximate surface area is 172 Å². The molecule has 0 amide bonds. The Kier molecular flexibility index (Phi) is 5.76. The van der Waals surface area contributed by atoms with Crippen molar-refractivity contribution in [3.8, 4) is 0 Å². The van der Waals surface area contributed by atoms with Crippen LogP contribution in [-0.4, -0.2) is 49.8 Å². The van der Waals surface area contributed by atoms with Crippen LogP contribution in [0.25, 0.3) is 11.0 Å². The fraction of sp³-hybridized carbons (Fsp3) is 0.545. The predicted octanol–water partition coefficient (Wildman–Crippen LogP) is 3.79. The van der Waals surface area contributed by atoms with Gasteiger partial charge in [0.15, 0.2) is 0 Å². The van der Waals surface area contributed by atoms with Gasteiger partial charge in [0.25, 0.3) is 0 Å². The van der Waals surface area contributed by atoms with Gasteiger partial charge in [-0.2, -0.15) is 0 Å². The topological polar surface area (TPSA) is 69.0 Å². The number of ether oxygens (including phenoxy) is 1. The molecular formula is C22H30N6O. The lowest BCUT2D eigenvalue weighted by Crippen LogP contribution is -2.38. The third kappa shape index (κ3) is 4.56.